The van der Waals surface area contributed by atoms with Crippen LogP contribution in [0.4, 0.5) is 0 Å². The average Bonchev–Trinajstić information content (AvgIpc) is 2.76. The van der Waals surface area contributed by atoms with E-state index in [1.165, 1.54) is 10.7 Å². The molecule has 16 heavy (non-hydrogen) atoms. The fourth-order valence-corrected chi connectivity index (χ4v) is 1.63. The highest BCUT2D eigenvalue weighted by Gasteiger charge is 2.10. The van der Waals surface area contributed by atoms with Crippen molar-refractivity contribution in [1.29, 1.82) is 0 Å². The van der Waals surface area contributed by atoms with E-state index >= 15 is 0 Å². The first-order valence-corrected chi connectivity index (χ1v) is 4.98. The third-order valence-corrected chi connectivity index (χ3v) is 2.31. The molecule has 0 aromatic carbocycles. The number of rotatable bonds is 5. The third kappa shape index (κ3) is 1.82. The molecule has 0 saturated heterocycles. The van der Waals surface area contributed by atoms with Gasteiger partial charge in [0.05, 0.1) is 32.5 Å². The van der Waals surface area contributed by atoms with Gasteiger partial charge < -0.3 is 20.3 Å². The SMILES string of the molecule is OCCN(CCO)n1cnn2cc(O)cc12. The Morgan fingerprint density at radius 1 is 1.25 bits per heavy atom. The molecule has 2 heterocycles. The Kier molecular flexibility index (Phi) is 2.97. The molecule has 7 heteroatoms. The lowest BCUT2D eigenvalue weighted by atomic mass is 10.5. The van der Waals surface area contributed by atoms with E-state index in [4.69, 9.17) is 10.2 Å². The van der Waals surface area contributed by atoms with Crippen LogP contribution in [0.2, 0.25) is 0 Å². The van der Waals surface area contributed by atoms with Gasteiger partial charge in [-0.2, -0.15) is 5.10 Å². The lowest BCUT2D eigenvalue weighted by Crippen LogP contribution is -2.38. The number of aliphatic hydroxyl groups excluding tert-OH is 2. The second kappa shape index (κ2) is 4.42. The van der Waals surface area contributed by atoms with Crippen LogP contribution >= 0.6 is 0 Å². The smallest absolute Gasteiger partial charge is 0.158 e. The van der Waals surface area contributed by atoms with Crippen LogP contribution in [-0.4, -0.2) is 55.9 Å². The maximum atomic E-state index is 9.32. The van der Waals surface area contributed by atoms with Crippen molar-refractivity contribution >= 4 is 5.65 Å². The van der Waals surface area contributed by atoms with Gasteiger partial charge in [-0.3, -0.25) is 0 Å². The standard InChI is InChI=1S/C9H14N4O3/c14-3-1-11(2-4-15)13-7-10-12-6-8(16)5-9(12)13/h5-7,14-16H,1-4H2. The number of nitrogens with zero attached hydrogens (tertiary/aromatic N) is 4. The summed E-state index contributed by atoms with van der Waals surface area (Å²) < 4.78 is 3.21. The largest absolute Gasteiger partial charge is 0.506 e. The monoisotopic (exact) mass is 226 g/mol. The summed E-state index contributed by atoms with van der Waals surface area (Å²) in [7, 11) is 0. The van der Waals surface area contributed by atoms with Crippen molar-refractivity contribution in [3.8, 4) is 5.75 Å². The van der Waals surface area contributed by atoms with E-state index in [1.807, 2.05) is 0 Å². The quantitative estimate of drug-likeness (QED) is 0.594. The van der Waals surface area contributed by atoms with Gasteiger partial charge in [0.25, 0.3) is 0 Å². The number of hydrogen-bond donors (Lipinski definition) is 3. The molecule has 0 aliphatic heterocycles. The number of aliphatic hydroxyl groups is 2. The van der Waals surface area contributed by atoms with Gasteiger partial charge in [0.1, 0.15) is 12.1 Å². The summed E-state index contributed by atoms with van der Waals surface area (Å²) in [5.41, 5.74) is 0.680. The first kappa shape index (κ1) is 10.8. The van der Waals surface area contributed by atoms with E-state index in [0.29, 0.717) is 18.7 Å². The van der Waals surface area contributed by atoms with Gasteiger partial charge in [0.15, 0.2) is 5.65 Å². The lowest BCUT2D eigenvalue weighted by Gasteiger charge is -2.23. The van der Waals surface area contributed by atoms with Crippen LogP contribution in [-0.2, 0) is 0 Å². The van der Waals surface area contributed by atoms with Crippen molar-refractivity contribution in [2.75, 3.05) is 31.3 Å². The second-order valence-corrected chi connectivity index (χ2v) is 3.38. The van der Waals surface area contributed by atoms with Crippen LogP contribution in [0, 0.1) is 0 Å². The second-order valence-electron chi connectivity index (χ2n) is 3.38. The fraction of sp³-hybridized carbons (Fsp3) is 0.444. The van der Waals surface area contributed by atoms with Crippen molar-refractivity contribution in [2.45, 2.75) is 0 Å². The molecule has 88 valence electrons. The Labute approximate surface area is 91.7 Å². The molecule has 3 N–H and O–H groups in total. The molecule has 0 bridgehead atoms. The van der Waals surface area contributed by atoms with Gasteiger partial charge in [-0.1, -0.05) is 0 Å². The first-order chi connectivity index (χ1) is 7.76. The van der Waals surface area contributed by atoms with Gasteiger partial charge in [-0.25, -0.2) is 9.19 Å². The van der Waals surface area contributed by atoms with Crippen LogP contribution in [0.5, 0.6) is 5.75 Å². The normalized spacial score (nSPS) is 11.1. The van der Waals surface area contributed by atoms with Crippen molar-refractivity contribution in [1.82, 2.24) is 14.3 Å². The highest BCUT2D eigenvalue weighted by Crippen LogP contribution is 2.14. The molecule has 0 spiro atoms. The van der Waals surface area contributed by atoms with E-state index in [0.717, 1.165) is 0 Å². The van der Waals surface area contributed by atoms with Crippen molar-refractivity contribution in [2.24, 2.45) is 0 Å². The highest BCUT2D eigenvalue weighted by atomic mass is 16.3. The van der Waals surface area contributed by atoms with Crippen LogP contribution in [0.25, 0.3) is 5.65 Å². The Hall–Kier alpha value is -1.73. The van der Waals surface area contributed by atoms with Crippen LogP contribution in [0.15, 0.2) is 18.6 Å². The molecule has 2 rings (SSSR count). The van der Waals surface area contributed by atoms with Crippen molar-refractivity contribution in [3.63, 3.8) is 0 Å². The topological polar surface area (TPSA) is 86.2 Å². The minimum Gasteiger partial charge on any atom is -0.506 e. The molecule has 0 aliphatic carbocycles. The van der Waals surface area contributed by atoms with Crippen LogP contribution in [0.3, 0.4) is 0 Å². The molecule has 0 saturated carbocycles. The Morgan fingerprint density at radius 2 is 1.94 bits per heavy atom. The van der Waals surface area contributed by atoms with Gasteiger partial charge in [0.2, 0.25) is 0 Å². The summed E-state index contributed by atoms with van der Waals surface area (Å²) in [6, 6.07) is 1.56. The predicted molar refractivity (Wildman–Crippen MR) is 57.0 cm³/mol. The van der Waals surface area contributed by atoms with Crippen LogP contribution in [0.1, 0.15) is 0 Å². The highest BCUT2D eigenvalue weighted by molar-refractivity contribution is 5.46. The van der Waals surface area contributed by atoms with Gasteiger partial charge in [0, 0.05) is 6.07 Å². The first-order valence-electron chi connectivity index (χ1n) is 4.98. The zero-order chi connectivity index (χ0) is 11.5. The summed E-state index contributed by atoms with van der Waals surface area (Å²) in [5.74, 6) is 0.129. The number of aromatic hydroxyl groups is 1. The predicted octanol–water partition coefficient (Wildman–Crippen LogP) is -1.24. The zero-order valence-corrected chi connectivity index (χ0v) is 8.69. The van der Waals surface area contributed by atoms with Crippen molar-refractivity contribution < 1.29 is 15.3 Å². The average molecular weight is 226 g/mol. The van der Waals surface area contributed by atoms with E-state index in [2.05, 4.69) is 5.10 Å². The summed E-state index contributed by atoms with van der Waals surface area (Å²) in [6.07, 6.45) is 3.06. The molecule has 2 aromatic heterocycles. The minimum atomic E-state index is -0.0168. The van der Waals surface area contributed by atoms with Crippen molar-refractivity contribution in [3.05, 3.63) is 18.6 Å². The molecule has 2 aromatic rings. The molecule has 0 fully saturated rings. The summed E-state index contributed by atoms with van der Waals surface area (Å²) >= 11 is 0. The lowest BCUT2D eigenvalue weighted by molar-refractivity contribution is 0.266. The summed E-state index contributed by atoms with van der Waals surface area (Å²) in [5, 5.41) is 32.9. The Bertz CT molecular complexity index is 458. The molecule has 0 aliphatic rings. The maximum absolute atomic E-state index is 9.32. The Morgan fingerprint density at radius 3 is 2.56 bits per heavy atom. The fourth-order valence-electron chi connectivity index (χ4n) is 1.63. The summed E-state index contributed by atoms with van der Waals surface area (Å²) in [4.78, 5) is 0. The van der Waals surface area contributed by atoms with Gasteiger partial charge >= 0.3 is 0 Å². The molecular formula is C9H14N4O3. The van der Waals surface area contributed by atoms with E-state index in [-0.39, 0.29) is 19.0 Å². The minimum absolute atomic E-state index is 0.0168. The molecule has 0 unspecified atom stereocenters. The third-order valence-electron chi connectivity index (χ3n) is 2.31. The molecule has 0 amide bonds. The van der Waals surface area contributed by atoms with Gasteiger partial charge in [-0.05, 0) is 0 Å². The van der Waals surface area contributed by atoms with E-state index in [9.17, 15) is 5.11 Å². The maximum Gasteiger partial charge on any atom is 0.158 e. The van der Waals surface area contributed by atoms with E-state index in [1.54, 1.807) is 22.1 Å². The van der Waals surface area contributed by atoms with Crippen LogP contribution < -0.4 is 5.01 Å². The molecule has 0 atom stereocenters. The van der Waals surface area contributed by atoms with Gasteiger partial charge in [-0.15, -0.1) is 0 Å². The molecule has 7 nitrogen and oxygen atoms in total. The Balaban J connectivity index is 2.34. The molecular weight excluding hydrogens is 212 g/mol. The number of aromatic nitrogens is 3. The summed E-state index contributed by atoms with van der Waals surface area (Å²) in [6.45, 7) is 0.741. The van der Waals surface area contributed by atoms with E-state index < -0.39 is 0 Å². The molecule has 0 radical (unpaired) electrons. The zero-order valence-electron chi connectivity index (χ0n) is 8.69. The number of fused-ring (bicyclic) bond motifs is 1. The number of hydrogen-bond acceptors (Lipinski definition) is 5.